The standard InChI is InChI=1S/C11H22N2O3/c1-11(2,10(15)16)13(5)8-6-7-9(14)12(3)4/h6-8H2,1-5H3,(H,15,16). The van der Waals surface area contributed by atoms with E-state index in [2.05, 4.69) is 0 Å². The summed E-state index contributed by atoms with van der Waals surface area (Å²) in [7, 11) is 5.19. The van der Waals surface area contributed by atoms with Crippen molar-refractivity contribution in [1.29, 1.82) is 0 Å². The molecule has 0 spiro atoms. The molecular formula is C11H22N2O3. The zero-order valence-corrected chi connectivity index (χ0v) is 10.8. The van der Waals surface area contributed by atoms with Crippen LogP contribution in [0.3, 0.4) is 0 Å². The Balaban J connectivity index is 4.04. The van der Waals surface area contributed by atoms with Crippen molar-refractivity contribution >= 4 is 11.9 Å². The van der Waals surface area contributed by atoms with Crippen LogP contribution < -0.4 is 0 Å². The summed E-state index contributed by atoms with van der Waals surface area (Å²) in [5.74, 6) is -0.782. The maximum absolute atomic E-state index is 11.3. The maximum atomic E-state index is 11.3. The molecule has 5 heteroatoms. The Kier molecular flexibility index (Phi) is 5.44. The van der Waals surface area contributed by atoms with Gasteiger partial charge in [0.25, 0.3) is 0 Å². The molecule has 0 fully saturated rings. The molecule has 0 rings (SSSR count). The summed E-state index contributed by atoms with van der Waals surface area (Å²) in [5, 5.41) is 8.99. The van der Waals surface area contributed by atoms with Crippen LogP contribution in [0.2, 0.25) is 0 Å². The molecule has 1 amide bonds. The summed E-state index contributed by atoms with van der Waals surface area (Å²) in [6, 6.07) is 0. The third kappa shape index (κ3) is 4.18. The first kappa shape index (κ1) is 14.9. The molecule has 0 aromatic heterocycles. The van der Waals surface area contributed by atoms with Crippen molar-refractivity contribution in [2.45, 2.75) is 32.2 Å². The van der Waals surface area contributed by atoms with E-state index in [4.69, 9.17) is 5.11 Å². The summed E-state index contributed by atoms with van der Waals surface area (Å²) < 4.78 is 0. The molecule has 0 unspecified atom stereocenters. The van der Waals surface area contributed by atoms with Gasteiger partial charge in [-0.3, -0.25) is 14.5 Å². The molecular weight excluding hydrogens is 208 g/mol. The van der Waals surface area contributed by atoms with E-state index >= 15 is 0 Å². The Morgan fingerprint density at radius 2 is 1.69 bits per heavy atom. The number of carbonyl (C=O) groups is 2. The number of hydrogen-bond acceptors (Lipinski definition) is 3. The monoisotopic (exact) mass is 230 g/mol. The van der Waals surface area contributed by atoms with Crippen LogP contribution in [0.4, 0.5) is 0 Å². The molecule has 94 valence electrons. The van der Waals surface area contributed by atoms with Gasteiger partial charge in [-0.15, -0.1) is 0 Å². The van der Waals surface area contributed by atoms with Gasteiger partial charge in [-0.05, 0) is 33.9 Å². The number of amides is 1. The molecule has 1 N–H and O–H groups in total. The van der Waals surface area contributed by atoms with Crippen molar-refractivity contribution in [3.63, 3.8) is 0 Å². The van der Waals surface area contributed by atoms with Gasteiger partial charge in [-0.2, -0.15) is 0 Å². The lowest BCUT2D eigenvalue weighted by Gasteiger charge is -2.31. The van der Waals surface area contributed by atoms with Crippen molar-refractivity contribution in [2.24, 2.45) is 0 Å². The zero-order chi connectivity index (χ0) is 12.9. The molecule has 0 saturated heterocycles. The average Bonchev–Trinajstić information content (AvgIpc) is 2.16. The van der Waals surface area contributed by atoms with Crippen molar-refractivity contribution in [3.05, 3.63) is 0 Å². The second kappa shape index (κ2) is 5.84. The van der Waals surface area contributed by atoms with Crippen LogP contribution in [0.5, 0.6) is 0 Å². The molecule has 0 saturated carbocycles. The molecule has 16 heavy (non-hydrogen) atoms. The highest BCUT2D eigenvalue weighted by Crippen LogP contribution is 2.13. The molecule has 0 aliphatic heterocycles. The highest BCUT2D eigenvalue weighted by molar-refractivity contribution is 5.77. The van der Waals surface area contributed by atoms with Gasteiger partial charge < -0.3 is 10.0 Å². The van der Waals surface area contributed by atoms with Gasteiger partial charge in [0.1, 0.15) is 5.54 Å². The molecule has 0 aliphatic carbocycles. The second-order valence-electron chi connectivity index (χ2n) is 4.68. The Labute approximate surface area is 97.0 Å². The van der Waals surface area contributed by atoms with Crippen LogP contribution in [0, 0.1) is 0 Å². The number of nitrogens with zero attached hydrogens (tertiary/aromatic N) is 2. The molecule has 0 atom stereocenters. The lowest BCUT2D eigenvalue weighted by molar-refractivity contribution is -0.148. The second-order valence-corrected chi connectivity index (χ2v) is 4.68. The Morgan fingerprint density at radius 1 is 1.19 bits per heavy atom. The van der Waals surface area contributed by atoms with E-state index in [1.165, 1.54) is 0 Å². The van der Waals surface area contributed by atoms with Gasteiger partial charge in [-0.25, -0.2) is 0 Å². The summed E-state index contributed by atoms with van der Waals surface area (Å²) in [6.07, 6.45) is 1.12. The van der Waals surface area contributed by atoms with Gasteiger partial charge in [0.15, 0.2) is 0 Å². The van der Waals surface area contributed by atoms with Gasteiger partial charge >= 0.3 is 5.97 Å². The minimum Gasteiger partial charge on any atom is -0.480 e. The molecule has 5 nitrogen and oxygen atoms in total. The first-order chi connectivity index (χ1) is 7.19. The number of likely N-dealkylation sites (N-methyl/N-ethyl adjacent to an activating group) is 1. The number of rotatable bonds is 6. The zero-order valence-electron chi connectivity index (χ0n) is 10.8. The fourth-order valence-electron chi connectivity index (χ4n) is 1.13. The number of carboxylic acids is 1. The molecule has 0 aromatic carbocycles. The summed E-state index contributed by atoms with van der Waals surface area (Å²) in [6.45, 7) is 3.91. The highest BCUT2D eigenvalue weighted by Gasteiger charge is 2.31. The van der Waals surface area contributed by atoms with E-state index in [-0.39, 0.29) is 5.91 Å². The van der Waals surface area contributed by atoms with Crippen LogP contribution in [0.1, 0.15) is 26.7 Å². The average molecular weight is 230 g/mol. The SMILES string of the molecule is CN(C)C(=O)CCCN(C)C(C)(C)C(=O)O. The van der Waals surface area contributed by atoms with Gasteiger partial charge in [0.05, 0.1) is 0 Å². The molecule has 0 aromatic rings. The Hall–Kier alpha value is -1.10. The number of carboxylic acid groups (broad SMARTS) is 1. The summed E-state index contributed by atoms with van der Waals surface area (Å²) in [4.78, 5) is 25.5. The van der Waals surface area contributed by atoms with E-state index in [9.17, 15) is 9.59 Å². The van der Waals surface area contributed by atoms with Gasteiger partial charge in [0, 0.05) is 20.5 Å². The fourth-order valence-corrected chi connectivity index (χ4v) is 1.13. The lowest BCUT2D eigenvalue weighted by Crippen LogP contribution is -2.48. The van der Waals surface area contributed by atoms with Crippen LogP contribution >= 0.6 is 0 Å². The smallest absolute Gasteiger partial charge is 0.323 e. The minimum absolute atomic E-state index is 0.0709. The number of hydrogen-bond donors (Lipinski definition) is 1. The predicted molar refractivity (Wildman–Crippen MR) is 62.3 cm³/mol. The van der Waals surface area contributed by atoms with Crippen LogP contribution in [-0.2, 0) is 9.59 Å². The Morgan fingerprint density at radius 3 is 2.06 bits per heavy atom. The molecule has 0 bridgehead atoms. The highest BCUT2D eigenvalue weighted by atomic mass is 16.4. The number of carbonyl (C=O) groups excluding carboxylic acids is 1. The van der Waals surface area contributed by atoms with E-state index in [0.717, 1.165) is 0 Å². The molecule has 0 radical (unpaired) electrons. The van der Waals surface area contributed by atoms with Crippen LogP contribution in [-0.4, -0.2) is 60.0 Å². The normalized spacial score (nSPS) is 11.6. The van der Waals surface area contributed by atoms with Crippen molar-refractivity contribution < 1.29 is 14.7 Å². The number of aliphatic carboxylic acids is 1. The van der Waals surface area contributed by atoms with E-state index in [1.54, 1.807) is 44.8 Å². The summed E-state index contributed by atoms with van der Waals surface area (Å²) in [5.41, 5.74) is -0.888. The topological polar surface area (TPSA) is 60.9 Å². The Bertz CT molecular complexity index is 262. The largest absolute Gasteiger partial charge is 0.480 e. The minimum atomic E-state index is -0.888. The summed E-state index contributed by atoms with van der Waals surface area (Å²) >= 11 is 0. The quantitative estimate of drug-likeness (QED) is 0.728. The van der Waals surface area contributed by atoms with E-state index < -0.39 is 11.5 Å². The van der Waals surface area contributed by atoms with E-state index in [1.807, 2.05) is 0 Å². The van der Waals surface area contributed by atoms with Crippen molar-refractivity contribution in [1.82, 2.24) is 9.80 Å². The molecule has 0 aliphatic rings. The first-order valence-electron chi connectivity index (χ1n) is 5.34. The van der Waals surface area contributed by atoms with Gasteiger partial charge in [-0.1, -0.05) is 0 Å². The van der Waals surface area contributed by atoms with Crippen molar-refractivity contribution in [3.8, 4) is 0 Å². The first-order valence-corrected chi connectivity index (χ1v) is 5.34. The fraction of sp³-hybridized carbons (Fsp3) is 0.818. The predicted octanol–water partition coefficient (Wildman–Crippen LogP) is 0.650. The third-order valence-electron chi connectivity index (χ3n) is 2.86. The lowest BCUT2D eigenvalue weighted by atomic mass is 10.0. The molecule has 0 heterocycles. The van der Waals surface area contributed by atoms with Crippen molar-refractivity contribution in [2.75, 3.05) is 27.7 Å². The van der Waals surface area contributed by atoms with Crippen LogP contribution in [0.15, 0.2) is 0 Å². The third-order valence-corrected chi connectivity index (χ3v) is 2.86. The van der Waals surface area contributed by atoms with Gasteiger partial charge in [0.2, 0.25) is 5.91 Å². The maximum Gasteiger partial charge on any atom is 0.323 e. The van der Waals surface area contributed by atoms with E-state index in [0.29, 0.717) is 19.4 Å². The van der Waals surface area contributed by atoms with Crippen LogP contribution in [0.25, 0.3) is 0 Å².